The molecular weight excluding hydrogens is 388 g/mol. The third-order valence-corrected chi connectivity index (χ3v) is 5.95. The van der Waals surface area contributed by atoms with Crippen LogP contribution in [0.25, 0.3) is 0 Å². The number of hydrogen-bond acceptors (Lipinski definition) is 1. The van der Waals surface area contributed by atoms with Gasteiger partial charge in [0.15, 0.2) is 5.78 Å². The number of rotatable bonds is 9. The largest absolute Gasteiger partial charge is 0.295 e. The molecule has 1 rings (SSSR count). The molecule has 0 aromatic heterocycles. The Labute approximate surface area is 197 Å². The molecule has 1 nitrogen and oxygen atoms in total. The maximum absolute atomic E-state index is 11.2. The Morgan fingerprint density at radius 2 is 1.31 bits per heavy atom. The number of allylic oxidation sites excluding steroid dienone is 18. The van der Waals surface area contributed by atoms with Crippen molar-refractivity contribution in [3.05, 3.63) is 107 Å². The van der Waals surface area contributed by atoms with Crippen LogP contribution in [-0.2, 0) is 4.79 Å². The van der Waals surface area contributed by atoms with E-state index in [-0.39, 0.29) is 5.78 Å². The lowest BCUT2D eigenvalue weighted by Gasteiger charge is -2.36. The van der Waals surface area contributed by atoms with Crippen molar-refractivity contribution < 1.29 is 4.79 Å². The second kappa shape index (κ2) is 13.7. The molecule has 0 aromatic rings. The molecule has 1 atom stereocenters. The summed E-state index contributed by atoms with van der Waals surface area (Å²) < 4.78 is 0. The molecule has 0 unspecified atom stereocenters. The van der Waals surface area contributed by atoms with Crippen molar-refractivity contribution >= 4 is 5.78 Å². The Morgan fingerprint density at radius 3 is 1.84 bits per heavy atom. The van der Waals surface area contributed by atoms with Crippen LogP contribution in [-0.4, -0.2) is 5.78 Å². The van der Waals surface area contributed by atoms with Crippen molar-refractivity contribution in [2.45, 2.75) is 68.2 Å². The van der Waals surface area contributed by atoms with Crippen LogP contribution < -0.4 is 0 Å². The first kappa shape index (κ1) is 27.4. The molecular formula is C31H42O. The minimum atomic E-state index is 0.103. The Bertz CT molecular complexity index is 918. The zero-order valence-electron chi connectivity index (χ0n) is 21.4. The summed E-state index contributed by atoms with van der Waals surface area (Å²) in [6.07, 6.45) is 29.9. The van der Waals surface area contributed by atoms with Crippen LogP contribution in [0.2, 0.25) is 0 Å². The van der Waals surface area contributed by atoms with E-state index in [2.05, 4.69) is 83.2 Å². The van der Waals surface area contributed by atoms with E-state index in [9.17, 15) is 4.79 Å². The van der Waals surface area contributed by atoms with Crippen molar-refractivity contribution in [1.29, 1.82) is 0 Å². The average molecular weight is 431 g/mol. The summed E-state index contributed by atoms with van der Waals surface area (Å²) in [6.45, 7) is 16.7. The second-order valence-corrected chi connectivity index (χ2v) is 9.55. The summed E-state index contributed by atoms with van der Waals surface area (Å²) in [5.41, 5.74) is 6.19. The van der Waals surface area contributed by atoms with Gasteiger partial charge < -0.3 is 0 Å². The van der Waals surface area contributed by atoms with Gasteiger partial charge in [-0.1, -0.05) is 115 Å². The quantitative estimate of drug-likeness (QED) is 0.203. The molecule has 0 fully saturated rings. The molecule has 0 spiro atoms. The molecule has 0 saturated heterocycles. The molecule has 0 N–H and O–H groups in total. The van der Waals surface area contributed by atoms with Crippen LogP contribution in [0, 0.1) is 11.3 Å². The van der Waals surface area contributed by atoms with E-state index in [1.165, 1.54) is 29.6 Å². The van der Waals surface area contributed by atoms with E-state index >= 15 is 0 Å². The summed E-state index contributed by atoms with van der Waals surface area (Å²) in [7, 11) is 0. The lowest BCUT2D eigenvalue weighted by molar-refractivity contribution is -0.113. The molecule has 0 radical (unpaired) electrons. The second-order valence-electron chi connectivity index (χ2n) is 9.55. The van der Waals surface area contributed by atoms with Gasteiger partial charge in [-0.3, -0.25) is 4.79 Å². The SMILES string of the molecule is CC(=O)/C(C)=C/C=C/C(C)=C/C=C/C=C(C)/C=C/C=C(C)/C=C/[C@H]1C(C)=CCCC1(C)C. The molecule has 0 amide bonds. The molecule has 0 aliphatic heterocycles. The Morgan fingerprint density at radius 1 is 0.812 bits per heavy atom. The third kappa shape index (κ3) is 10.6. The first-order valence-electron chi connectivity index (χ1n) is 11.6. The topological polar surface area (TPSA) is 17.1 Å². The number of ketones is 1. The summed E-state index contributed by atoms with van der Waals surface area (Å²) in [6, 6.07) is 0. The van der Waals surface area contributed by atoms with Gasteiger partial charge in [0.2, 0.25) is 0 Å². The smallest absolute Gasteiger partial charge is 0.155 e. The molecule has 0 aromatic carbocycles. The van der Waals surface area contributed by atoms with Crippen LogP contribution in [0.15, 0.2) is 107 Å². The minimum absolute atomic E-state index is 0.103. The number of hydrogen-bond donors (Lipinski definition) is 0. The zero-order chi connectivity index (χ0) is 24.1. The maximum atomic E-state index is 11.2. The van der Waals surface area contributed by atoms with Gasteiger partial charge in [-0.15, -0.1) is 0 Å². The normalized spacial score (nSPS) is 21.4. The number of carbonyl (C=O) groups is 1. The minimum Gasteiger partial charge on any atom is -0.295 e. The van der Waals surface area contributed by atoms with Gasteiger partial charge in [-0.2, -0.15) is 0 Å². The summed E-state index contributed by atoms with van der Waals surface area (Å²) >= 11 is 0. The van der Waals surface area contributed by atoms with Gasteiger partial charge in [-0.25, -0.2) is 0 Å². The molecule has 172 valence electrons. The summed E-state index contributed by atoms with van der Waals surface area (Å²) in [5.74, 6) is 0.627. The van der Waals surface area contributed by atoms with E-state index in [0.29, 0.717) is 11.3 Å². The highest BCUT2D eigenvalue weighted by molar-refractivity contribution is 5.92. The van der Waals surface area contributed by atoms with Crippen molar-refractivity contribution in [2.75, 3.05) is 0 Å². The average Bonchev–Trinajstić information content (AvgIpc) is 2.70. The predicted octanol–water partition coefficient (Wildman–Crippen LogP) is 8.97. The van der Waals surface area contributed by atoms with Gasteiger partial charge in [0.05, 0.1) is 0 Å². The fourth-order valence-electron chi connectivity index (χ4n) is 3.63. The molecule has 0 bridgehead atoms. The highest BCUT2D eigenvalue weighted by Gasteiger charge is 2.30. The molecule has 1 heteroatoms. The van der Waals surface area contributed by atoms with Crippen LogP contribution in [0.4, 0.5) is 0 Å². The van der Waals surface area contributed by atoms with Gasteiger partial charge >= 0.3 is 0 Å². The first-order valence-corrected chi connectivity index (χ1v) is 11.6. The first-order chi connectivity index (χ1) is 15.0. The summed E-state index contributed by atoms with van der Waals surface area (Å²) in [5, 5.41) is 0. The molecule has 1 aliphatic carbocycles. The van der Waals surface area contributed by atoms with Gasteiger partial charge in [0.1, 0.15) is 0 Å². The fourth-order valence-corrected chi connectivity index (χ4v) is 3.63. The van der Waals surface area contributed by atoms with Gasteiger partial charge in [0.25, 0.3) is 0 Å². The van der Waals surface area contributed by atoms with Crippen LogP contribution in [0.1, 0.15) is 68.2 Å². The Hall–Kier alpha value is -2.67. The highest BCUT2D eigenvalue weighted by atomic mass is 16.1. The summed E-state index contributed by atoms with van der Waals surface area (Å²) in [4.78, 5) is 11.2. The van der Waals surface area contributed by atoms with Crippen molar-refractivity contribution in [3.63, 3.8) is 0 Å². The Kier molecular flexibility index (Phi) is 11.7. The lowest BCUT2D eigenvalue weighted by atomic mass is 9.68. The maximum Gasteiger partial charge on any atom is 0.155 e. The van der Waals surface area contributed by atoms with Crippen molar-refractivity contribution in [2.24, 2.45) is 11.3 Å². The molecule has 0 heterocycles. The van der Waals surface area contributed by atoms with E-state index in [4.69, 9.17) is 0 Å². The zero-order valence-corrected chi connectivity index (χ0v) is 21.4. The van der Waals surface area contributed by atoms with Crippen LogP contribution in [0.3, 0.4) is 0 Å². The van der Waals surface area contributed by atoms with Crippen molar-refractivity contribution in [1.82, 2.24) is 0 Å². The Balaban J connectivity index is 2.63. The van der Waals surface area contributed by atoms with E-state index in [0.717, 1.165) is 11.1 Å². The monoisotopic (exact) mass is 430 g/mol. The van der Waals surface area contributed by atoms with Crippen molar-refractivity contribution in [3.8, 4) is 0 Å². The standard InChI is InChI=1S/C31H42O/c1-24(14-9-10-15-25(2)18-12-19-27(4)29(6)32)16-11-17-26(3)21-22-30-28(5)20-13-23-31(30,7)8/h9-12,14-22,30H,13,23H2,1-8H3/b10-9+,16-11+,18-12+,22-21+,24-14+,25-15+,26-17+,27-19+/t30-/m0/s1. The lowest BCUT2D eigenvalue weighted by Crippen LogP contribution is -2.26. The molecule has 0 saturated carbocycles. The predicted molar refractivity (Wildman–Crippen MR) is 143 cm³/mol. The number of Topliss-reactive ketones (excluding diaryl/α,β-unsaturated/α-hetero) is 1. The fraction of sp³-hybridized carbons (Fsp3) is 0.387. The van der Waals surface area contributed by atoms with E-state index in [1.54, 1.807) is 6.92 Å². The van der Waals surface area contributed by atoms with Gasteiger partial charge in [-0.05, 0) is 65.4 Å². The van der Waals surface area contributed by atoms with E-state index in [1.807, 2.05) is 44.2 Å². The highest BCUT2D eigenvalue weighted by Crippen LogP contribution is 2.41. The van der Waals surface area contributed by atoms with E-state index < -0.39 is 0 Å². The van der Waals surface area contributed by atoms with Crippen LogP contribution >= 0.6 is 0 Å². The third-order valence-electron chi connectivity index (χ3n) is 5.95. The van der Waals surface area contributed by atoms with Gasteiger partial charge in [0, 0.05) is 5.92 Å². The van der Waals surface area contributed by atoms with Crippen LogP contribution in [0.5, 0.6) is 0 Å². The molecule has 1 aliphatic rings. The number of carbonyl (C=O) groups excluding carboxylic acids is 1. The molecule has 32 heavy (non-hydrogen) atoms.